The van der Waals surface area contributed by atoms with Crippen LogP contribution in [-0.4, -0.2) is 13.0 Å². The van der Waals surface area contributed by atoms with Crippen LogP contribution in [0.5, 0.6) is 0 Å². The number of benzene rings is 1. The Hall–Kier alpha value is -1.40. The van der Waals surface area contributed by atoms with Crippen molar-refractivity contribution in [2.75, 3.05) is 0 Å². The lowest BCUT2D eigenvalue weighted by Crippen LogP contribution is -2.16. The van der Waals surface area contributed by atoms with Crippen LogP contribution >= 0.6 is 11.3 Å². The van der Waals surface area contributed by atoms with E-state index in [1.54, 1.807) is 11.6 Å². The molecule has 0 amide bonds. The van der Waals surface area contributed by atoms with E-state index in [0.717, 1.165) is 11.1 Å². The molecule has 0 radical (unpaired) electrons. The van der Waals surface area contributed by atoms with Crippen molar-refractivity contribution in [3.63, 3.8) is 0 Å². The molecule has 0 saturated carbocycles. The van der Waals surface area contributed by atoms with E-state index < -0.39 is 10.0 Å². The van der Waals surface area contributed by atoms with Crippen LogP contribution in [0.4, 0.5) is 0 Å². The summed E-state index contributed by atoms with van der Waals surface area (Å²) in [6.45, 7) is 12.4. The van der Waals surface area contributed by atoms with Crippen molar-refractivity contribution in [1.29, 1.82) is 0 Å². The van der Waals surface area contributed by atoms with Gasteiger partial charge in [0.2, 0.25) is 4.80 Å². The van der Waals surface area contributed by atoms with E-state index in [0.29, 0.717) is 15.6 Å². The number of aromatic nitrogens is 1. The molecule has 0 N–H and O–H groups in total. The van der Waals surface area contributed by atoms with Crippen molar-refractivity contribution in [2.45, 2.75) is 64.2 Å². The molecule has 0 bridgehead atoms. The Bertz CT molecular complexity index is 888. The van der Waals surface area contributed by atoms with E-state index in [1.807, 2.05) is 51.4 Å². The molecule has 0 fully saturated rings. The topological polar surface area (TPSA) is 51.4 Å². The number of rotatable bonds is 5. The van der Waals surface area contributed by atoms with E-state index in [4.69, 9.17) is 0 Å². The highest BCUT2D eigenvalue weighted by Gasteiger charge is 2.26. The maximum atomic E-state index is 13.2. The highest BCUT2D eigenvalue weighted by Crippen LogP contribution is 2.35. The Labute approximate surface area is 155 Å². The van der Waals surface area contributed by atoms with Crippen molar-refractivity contribution in [3.05, 3.63) is 45.2 Å². The molecule has 138 valence electrons. The van der Waals surface area contributed by atoms with E-state index in [9.17, 15) is 8.42 Å². The first-order valence-electron chi connectivity index (χ1n) is 8.63. The van der Waals surface area contributed by atoms with Crippen LogP contribution in [0.1, 0.15) is 76.0 Å². The third-order valence-electron chi connectivity index (χ3n) is 4.30. The van der Waals surface area contributed by atoms with Crippen LogP contribution in [0.15, 0.2) is 33.0 Å². The average Bonchev–Trinajstić information content (AvgIpc) is 2.90. The largest absolute Gasteiger partial charge is 0.326 e. The summed E-state index contributed by atoms with van der Waals surface area (Å²) in [4.78, 5) is 0.868. The van der Waals surface area contributed by atoms with Gasteiger partial charge in [-0.2, -0.15) is 8.42 Å². The highest BCUT2D eigenvalue weighted by molar-refractivity contribution is 7.90. The lowest BCUT2D eigenvalue weighted by atomic mass is 9.89. The van der Waals surface area contributed by atoms with Crippen molar-refractivity contribution < 1.29 is 8.42 Å². The zero-order valence-electron chi connectivity index (χ0n) is 16.1. The van der Waals surface area contributed by atoms with Gasteiger partial charge < -0.3 is 4.57 Å². The standard InChI is InChI=1S/C19H28N2O2S2/c1-12(2)15-10-16(13(3)4)18(17(11-15)14(5)6)25(22,23)20-19-21(7)8-9-24-19/h8-14H,1-7H3/b20-19-. The van der Waals surface area contributed by atoms with Crippen molar-refractivity contribution >= 4 is 21.4 Å². The van der Waals surface area contributed by atoms with Gasteiger partial charge in [-0.3, -0.25) is 0 Å². The zero-order valence-corrected chi connectivity index (χ0v) is 17.7. The zero-order chi connectivity index (χ0) is 18.9. The van der Waals surface area contributed by atoms with Gasteiger partial charge in [0, 0.05) is 18.6 Å². The summed E-state index contributed by atoms with van der Waals surface area (Å²) in [5, 5.41) is 1.84. The van der Waals surface area contributed by atoms with Crippen molar-refractivity contribution in [1.82, 2.24) is 4.57 Å². The first kappa shape index (κ1) is 19.9. The normalized spacial score (nSPS) is 13.4. The first-order valence-corrected chi connectivity index (χ1v) is 11.0. The van der Waals surface area contributed by atoms with Gasteiger partial charge in [0.25, 0.3) is 10.0 Å². The molecule has 1 aromatic carbocycles. The Kier molecular flexibility index (Phi) is 5.94. The number of aryl methyl sites for hydroxylation is 1. The molecule has 0 aliphatic heterocycles. The summed E-state index contributed by atoms with van der Waals surface area (Å²) in [5.74, 6) is 0.556. The summed E-state index contributed by atoms with van der Waals surface area (Å²) in [7, 11) is -1.98. The molecule has 4 nitrogen and oxygen atoms in total. The monoisotopic (exact) mass is 380 g/mol. The second kappa shape index (κ2) is 7.46. The molecular formula is C19H28N2O2S2. The SMILES string of the molecule is CC(C)c1cc(C(C)C)c(S(=O)(=O)/N=c2\sccn2C)c(C(C)C)c1. The maximum Gasteiger partial charge on any atom is 0.285 e. The fourth-order valence-electron chi connectivity index (χ4n) is 2.75. The van der Waals surface area contributed by atoms with Gasteiger partial charge in [-0.25, -0.2) is 0 Å². The summed E-state index contributed by atoms with van der Waals surface area (Å²) in [6.07, 6.45) is 1.81. The van der Waals surface area contributed by atoms with Gasteiger partial charge in [0.05, 0.1) is 4.90 Å². The van der Waals surface area contributed by atoms with E-state index in [1.165, 1.54) is 16.9 Å². The van der Waals surface area contributed by atoms with Crippen molar-refractivity contribution in [2.24, 2.45) is 11.4 Å². The van der Waals surface area contributed by atoms with Crippen molar-refractivity contribution in [3.8, 4) is 0 Å². The van der Waals surface area contributed by atoms with Gasteiger partial charge in [-0.05, 0) is 34.4 Å². The molecule has 0 atom stereocenters. The lowest BCUT2D eigenvalue weighted by Gasteiger charge is -2.21. The molecule has 0 saturated heterocycles. The second-order valence-electron chi connectivity index (χ2n) is 7.36. The summed E-state index contributed by atoms with van der Waals surface area (Å²) in [6, 6.07) is 4.08. The number of hydrogen-bond acceptors (Lipinski definition) is 3. The molecule has 2 rings (SSSR count). The van der Waals surface area contributed by atoms with E-state index in [-0.39, 0.29) is 11.8 Å². The molecule has 6 heteroatoms. The third-order valence-corrected chi connectivity index (χ3v) is 6.66. The van der Waals surface area contributed by atoms with Gasteiger partial charge in [0.15, 0.2) is 0 Å². The average molecular weight is 381 g/mol. The molecule has 1 heterocycles. The van der Waals surface area contributed by atoms with Gasteiger partial charge in [0.1, 0.15) is 0 Å². The van der Waals surface area contributed by atoms with E-state index in [2.05, 4.69) is 18.2 Å². The van der Waals surface area contributed by atoms with Gasteiger partial charge >= 0.3 is 0 Å². The summed E-state index contributed by atoms with van der Waals surface area (Å²) in [5.41, 5.74) is 2.89. The fraction of sp³-hybridized carbons (Fsp3) is 0.526. The van der Waals surface area contributed by atoms with Crippen LogP contribution in [0.25, 0.3) is 0 Å². The highest BCUT2D eigenvalue weighted by atomic mass is 32.2. The third kappa shape index (κ3) is 4.23. The van der Waals surface area contributed by atoms with E-state index >= 15 is 0 Å². The Morgan fingerprint density at radius 1 is 0.960 bits per heavy atom. The van der Waals surface area contributed by atoms with Gasteiger partial charge in [-0.1, -0.05) is 53.7 Å². The molecule has 0 unspecified atom stereocenters. The fourth-order valence-corrected chi connectivity index (χ4v) is 5.42. The maximum absolute atomic E-state index is 13.2. The quantitative estimate of drug-likeness (QED) is 0.752. The number of sulfonamides is 1. The Balaban J connectivity index is 2.85. The van der Waals surface area contributed by atoms with Crippen LogP contribution in [0.3, 0.4) is 0 Å². The van der Waals surface area contributed by atoms with Crippen LogP contribution in [0.2, 0.25) is 0 Å². The molecule has 1 aromatic heterocycles. The molecular weight excluding hydrogens is 352 g/mol. The lowest BCUT2D eigenvalue weighted by molar-refractivity contribution is 0.590. The second-order valence-corrected chi connectivity index (χ2v) is 9.77. The molecule has 0 aliphatic rings. The Morgan fingerprint density at radius 3 is 1.84 bits per heavy atom. The van der Waals surface area contributed by atoms with Crippen LogP contribution in [0, 0.1) is 0 Å². The Morgan fingerprint density at radius 2 is 1.48 bits per heavy atom. The number of nitrogens with zero attached hydrogens (tertiary/aromatic N) is 2. The minimum atomic E-state index is -3.78. The van der Waals surface area contributed by atoms with Crippen LogP contribution < -0.4 is 4.80 Å². The predicted octanol–water partition coefficient (Wildman–Crippen LogP) is 4.75. The van der Waals surface area contributed by atoms with Gasteiger partial charge in [-0.15, -0.1) is 15.7 Å². The number of hydrogen-bond donors (Lipinski definition) is 0. The molecule has 0 aliphatic carbocycles. The number of thiazole rings is 1. The summed E-state index contributed by atoms with van der Waals surface area (Å²) < 4.78 is 32.3. The first-order chi connectivity index (χ1) is 11.5. The molecule has 0 spiro atoms. The smallest absolute Gasteiger partial charge is 0.285 e. The molecule has 2 aromatic rings. The minimum absolute atomic E-state index is 0.105. The summed E-state index contributed by atoms with van der Waals surface area (Å²) >= 11 is 1.32. The molecule has 25 heavy (non-hydrogen) atoms. The predicted molar refractivity (Wildman–Crippen MR) is 105 cm³/mol. The minimum Gasteiger partial charge on any atom is -0.326 e. The van der Waals surface area contributed by atoms with Crippen LogP contribution in [-0.2, 0) is 17.1 Å².